The molecule has 1 aliphatic heterocycles. The van der Waals surface area contributed by atoms with Crippen molar-refractivity contribution in [3.05, 3.63) is 91.0 Å². The van der Waals surface area contributed by atoms with E-state index in [4.69, 9.17) is 18.9 Å². The number of nitrogens with zero attached hydrogens (tertiary/aromatic N) is 1. The van der Waals surface area contributed by atoms with Crippen molar-refractivity contribution in [2.45, 2.75) is 18.9 Å². The molecule has 38 heavy (non-hydrogen) atoms. The van der Waals surface area contributed by atoms with Crippen LogP contribution in [0.15, 0.2) is 91.0 Å². The van der Waals surface area contributed by atoms with Gasteiger partial charge in [-0.1, -0.05) is 48.5 Å². The average Bonchev–Trinajstić information content (AvgIpc) is 2.98. The fourth-order valence-electron chi connectivity index (χ4n) is 4.81. The Hall–Kier alpha value is -3.90. The van der Waals surface area contributed by atoms with E-state index >= 15 is 0 Å². The Morgan fingerprint density at radius 1 is 0.737 bits per heavy atom. The van der Waals surface area contributed by atoms with Gasteiger partial charge in [0.05, 0.1) is 26.4 Å². The molecule has 1 atom stereocenters. The maximum Gasteiger partial charge on any atom is 0.161 e. The molecule has 198 valence electrons. The molecule has 0 saturated carbocycles. The normalized spacial score (nSPS) is 15.3. The second kappa shape index (κ2) is 13.1. The molecule has 4 aromatic rings. The van der Waals surface area contributed by atoms with E-state index in [0.717, 1.165) is 60.9 Å². The van der Waals surface area contributed by atoms with Crippen LogP contribution in [0, 0.1) is 0 Å². The summed E-state index contributed by atoms with van der Waals surface area (Å²) < 4.78 is 23.5. The van der Waals surface area contributed by atoms with E-state index in [9.17, 15) is 0 Å². The maximum atomic E-state index is 6.34. The first-order chi connectivity index (χ1) is 18.8. The second-order valence-electron chi connectivity index (χ2n) is 9.39. The summed E-state index contributed by atoms with van der Waals surface area (Å²) in [5.74, 6) is 3.36. The largest absolute Gasteiger partial charge is 0.494 e. The van der Waals surface area contributed by atoms with Crippen molar-refractivity contribution in [3.8, 4) is 23.0 Å². The van der Waals surface area contributed by atoms with Gasteiger partial charge in [-0.15, -0.1) is 0 Å². The quantitative estimate of drug-likeness (QED) is 0.237. The molecule has 0 aliphatic carbocycles. The van der Waals surface area contributed by atoms with Gasteiger partial charge in [0.2, 0.25) is 0 Å². The summed E-state index contributed by atoms with van der Waals surface area (Å²) in [7, 11) is 1.66. The van der Waals surface area contributed by atoms with Crippen molar-refractivity contribution in [1.82, 2.24) is 5.32 Å². The topological polar surface area (TPSA) is 52.2 Å². The lowest BCUT2D eigenvalue weighted by Crippen LogP contribution is -2.54. The summed E-state index contributed by atoms with van der Waals surface area (Å²) in [6.07, 6.45) is 1.83. The highest BCUT2D eigenvalue weighted by Crippen LogP contribution is 2.28. The van der Waals surface area contributed by atoms with E-state index in [1.807, 2.05) is 24.3 Å². The van der Waals surface area contributed by atoms with Crippen LogP contribution in [0.25, 0.3) is 10.8 Å². The Balaban J connectivity index is 1.09. The van der Waals surface area contributed by atoms with E-state index in [-0.39, 0.29) is 6.04 Å². The summed E-state index contributed by atoms with van der Waals surface area (Å²) in [5.41, 5.74) is 1.19. The minimum absolute atomic E-state index is 0.248. The highest BCUT2D eigenvalue weighted by atomic mass is 16.5. The molecule has 1 N–H and O–H groups in total. The molecule has 0 bridgehead atoms. The zero-order valence-electron chi connectivity index (χ0n) is 22.0. The molecule has 4 aromatic carbocycles. The number of anilines is 1. The zero-order chi connectivity index (χ0) is 26.0. The molecule has 6 heteroatoms. The molecule has 0 aromatic heterocycles. The van der Waals surface area contributed by atoms with Crippen LogP contribution >= 0.6 is 0 Å². The van der Waals surface area contributed by atoms with E-state index in [2.05, 4.69) is 76.9 Å². The molecule has 1 heterocycles. The Kier molecular flexibility index (Phi) is 8.85. The van der Waals surface area contributed by atoms with Crippen LogP contribution in [0.2, 0.25) is 0 Å². The smallest absolute Gasteiger partial charge is 0.161 e. The summed E-state index contributed by atoms with van der Waals surface area (Å²) in [5, 5.41) is 5.87. The van der Waals surface area contributed by atoms with Gasteiger partial charge < -0.3 is 29.2 Å². The molecule has 1 fully saturated rings. The Labute approximate surface area is 225 Å². The predicted molar refractivity (Wildman–Crippen MR) is 153 cm³/mol. The van der Waals surface area contributed by atoms with Gasteiger partial charge >= 0.3 is 0 Å². The molecule has 0 unspecified atom stereocenters. The van der Waals surface area contributed by atoms with Crippen LogP contribution < -0.4 is 29.2 Å². The molecular formula is C32H36N2O4. The number of ether oxygens (including phenoxy) is 4. The summed E-state index contributed by atoms with van der Waals surface area (Å²) in [6.45, 7) is 4.70. The third kappa shape index (κ3) is 6.50. The Morgan fingerprint density at radius 2 is 1.45 bits per heavy atom. The van der Waals surface area contributed by atoms with Crippen molar-refractivity contribution in [2.24, 2.45) is 0 Å². The van der Waals surface area contributed by atoms with Crippen molar-refractivity contribution >= 4 is 16.5 Å². The van der Waals surface area contributed by atoms with E-state index in [1.165, 1.54) is 11.1 Å². The Morgan fingerprint density at radius 3 is 2.29 bits per heavy atom. The van der Waals surface area contributed by atoms with Gasteiger partial charge in [-0.25, -0.2) is 0 Å². The van der Waals surface area contributed by atoms with Crippen molar-refractivity contribution in [3.63, 3.8) is 0 Å². The molecule has 5 rings (SSSR count). The van der Waals surface area contributed by atoms with Crippen LogP contribution in [0.3, 0.4) is 0 Å². The molecular weight excluding hydrogens is 476 g/mol. The van der Waals surface area contributed by atoms with Gasteiger partial charge in [0.1, 0.15) is 18.1 Å². The number of fused-ring (bicyclic) bond motifs is 1. The van der Waals surface area contributed by atoms with E-state index < -0.39 is 0 Å². The standard InChI is InChI=1S/C32H36N2O4/c1-35-31-12-4-5-13-32(31)37-22-7-6-21-36-28-17-15-26(16-18-28)34-20-19-33-23-27(34)24-38-30-14-8-10-25-9-2-3-11-29(25)30/h2-5,8-18,27,33H,6-7,19-24H2,1H3/t27-/m1/s1. The van der Waals surface area contributed by atoms with Crippen LogP contribution in [-0.4, -0.2) is 52.6 Å². The first kappa shape index (κ1) is 25.7. The number of nitrogens with one attached hydrogen (secondary N) is 1. The number of piperazine rings is 1. The van der Waals surface area contributed by atoms with Crippen LogP contribution in [0.1, 0.15) is 12.8 Å². The number of rotatable bonds is 12. The first-order valence-electron chi connectivity index (χ1n) is 13.4. The van der Waals surface area contributed by atoms with Crippen molar-refractivity contribution in [1.29, 1.82) is 0 Å². The van der Waals surface area contributed by atoms with Gasteiger partial charge in [-0.2, -0.15) is 0 Å². The van der Waals surface area contributed by atoms with Crippen LogP contribution in [0.5, 0.6) is 23.0 Å². The number of hydrogen-bond acceptors (Lipinski definition) is 6. The lowest BCUT2D eigenvalue weighted by molar-refractivity contribution is 0.258. The number of hydrogen-bond donors (Lipinski definition) is 1. The zero-order valence-corrected chi connectivity index (χ0v) is 22.0. The van der Waals surface area contributed by atoms with Crippen LogP contribution in [0.4, 0.5) is 5.69 Å². The lowest BCUT2D eigenvalue weighted by atomic mass is 10.1. The monoisotopic (exact) mass is 512 g/mol. The Bertz CT molecular complexity index is 1290. The minimum Gasteiger partial charge on any atom is -0.494 e. The first-order valence-corrected chi connectivity index (χ1v) is 13.4. The number of methoxy groups -OCH3 is 1. The van der Waals surface area contributed by atoms with Crippen molar-refractivity contribution in [2.75, 3.05) is 51.5 Å². The molecule has 1 saturated heterocycles. The highest BCUT2D eigenvalue weighted by Gasteiger charge is 2.23. The number of benzene rings is 4. The van der Waals surface area contributed by atoms with E-state index in [0.29, 0.717) is 19.8 Å². The SMILES string of the molecule is COc1ccccc1OCCCCOc1ccc(N2CCNC[C@@H]2COc2cccc3ccccc23)cc1. The molecule has 6 nitrogen and oxygen atoms in total. The van der Waals surface area contributed by atoms with E-state index in [1.54, 1.807) is 7.11 Å². The van der Waals surface area contributed by atoms with Gasteiger partial charge in [-0.05, 0) is 60.7 Å². The number of para-hydroxylation sites is 2. The predicted octanol–water partition coefficient (Wildman–Crippen LogP) is 5.94. The fraction of sp³-hybridized carbons (Fsp3) is 0.312. The third-order valence-corrected chi connectivity index (χ3v) is 6.83. The van der Waals surface area contributed by atoms with Gasteiger partial charge in [-0.3, -0.25) is 0 Å². The molecule has 0 spiro atoms. The fourth-order valence-corrected chi connectivity index (χ4v) is 4.81. The molecule has 0 radical (unpaired) electrons. The summed E-state index contributed by atoms with van der Waals surface area (Å²) >= 11 is 0. The van der Waals surface area contributed by atoms with Crippen LogP contribution in [-0.2, 0) is 0 Å². The van der Waals surface area contributed by atoms with Gasteiger partial charge in [0.15, 0.2) is 11.5 Å². The van der Waals surface area contributed by atoms with Crippen molar-refractivity contribution < 1.29 is 18.9 Å². The average molecular weight is 513 g/mol. The lowest BCUT2D eigenvalue weighted by Gasteiger charge is -2.38. The highest BCUT2D eigenvalue weighted by molar-refractivity contribution is 5.88. The minimum atomic E-state index is 0.248. The third-order valence-electron chi connectivity index (χ3n) is 6.83. The summed E-state index contributed by atoms with van der Waals surface area (Å²) in [6, 6.07) is 31.0. The molecule has 0 amide bonds. The molecule has 1 aliphatic rings. The number of unbranched alkanes of at least 4 members (excludes halogenated alkanes) is 1. The summed E-state index contributed by atoms with van der Waals surface area (Å²) in [4.78, 5) is 2.43. The maximum absolute atomic E-state index is 6.34. The second-order valence-corrected chi connectivity index (χ2v) is 9.39. The van der Waals surface area contributed by atoms with Gasteiger partial charge in [0.25, 0.3) is 0 Å². The van der Waals surface area contributed by atoms with Gasteiger partial charge in [0, 0.05) is 30.7 Å².